The molecule has 2 aliphatic rings. The van der Waals surface area contributed by atoms with Gasteiger partial charge in [0, 0.05) is 23.7 Å². The van der Waals surface area contributed by atoms with Crippen LogP contribution in [0.1, 0.15) is 23.8 Å². The maximum Gasteiger partial charge on any atom is 0.530 e. The number of nitrogens with one attached hydrogen (secondary N) is 1. The summed E-state index contributed by atoms with van der Waals surface area (Å²) in [6.07, 6.45) is -2.29. The maximum atomic E-state index is 15.2. The SMILES string of the molecule is COc1cccc2c1OP(=O)(OC[C@]1(F)C[C@@H](O)[C@H](n3cc(C)c(=O)[nH]c3=O)O1)OC2. The number of halogens is 1. The number of H-pyrrole nitrogens is 1. The Bertz CT molecular complexity index is 1150. The number of methoxy groups -OCH3 is 1. The van der Waals surface area contributed by atoms with Crippen molar-refractivity contribution in [1.29, 1.82) is 0 Å². The minimum Gasteiger partial charge on any atom is -0.493 e. The number of nitrogens with zero attached hydrogens (tertiary/aromatic N) is 1. The number of phosphoric acid groups is 1. The molecular weight excluding hydrogens is 438 g/mol. The summed E-state index contributed by atoms with van der Waals surface area (Å²) in [6.45, 7) is 0.429. The Kier molecular flexibility index (Phi) is 5.52. The lowest BCUT2D eigenvalue weighted by Crippen LogP contribution is -2.37. The quantitative estimate of drug-likeness (QED) is 0.639. The number of aromatic amines is 1. The van der Waals surface area contributed by atoms with Gasteiger partial charge in [0.1, 0.15) is 12.7 Å². The molecule has 31 heavy (non-hydrogen) atoms. The number of para-hydroxylation sites is 1. The fourth-order valence-corrected chi connectivity index (χ4v) is 4.59. The van der Waals surface area contributed by atoms with E-state index in [0.29, 0.717) is 11.3 Å². The predicted octanol–water partition coefficient (Wildman–Crippen LogP) is 1.53. The highest BCUT2D eigenvalue weighted by molar-refractivity contribution is 7.49. The third kappa shape index (κ3) is 4.17. The molecule has 0 radical (unpaired) electrons. The number of aromatic nitrogens is 2. The number of hydrogen-bond acceptors (Lipinski definition) is 9. The summed E-state index contributed by atoms with van der Waals surface area (Å²) in [7, 11) is -2.81. The Balaban J connectivity index is 1.49. The largest absolute Gasteiger partial charge is 0.530 e. The smallest absolute Gasteiger partial charge is 0.493 e. The van der Waals surface area contributed by atoms with Gasteiger partial charge in [-0.25, -0.2) is 13.8 Å². The third-order valence-corrected chi connectivity index (χ3v) is 6.19. The zero-order valence-corrected chi connectivity index (χ0v) is 17.5. The average Bonchev–Trinajstić information content (AvgIpc) is 3.03. The first-order valence-electron chi connectivity index (χ1n) is 9.24. The van der Waals surface area contributed by atoms with E-state index in [0.717, 1.165) is 10.8 Å². The zero-order chi connectivity index (χ0) is 22.4. The summed E-state index contributed by atoms with van der Waals surface area (Å²) in [5.74, 6) is -2.13. The Morgan fingerprint density at radius 3 is 2.94 bits per heavy atom. The number of hydrogen-bond donors (Lipinski definition) is 2. The first-order valence-corrected chi connectivity index (χ1v) is 10.7. The maximum absolute atomic E-state index is 15.2. The molecule has 1 aromatic carbocycles. The molecule has 2 N–H and O–H groups in total. The second-order valence-electron chi connectivity index (χ2n) is 7.18. The van der Waals surface area contributed by atoms with Crippen molar-refractivity contribution in [3.05, 3.63) is 56.4 Å². The van der Waals surface area contributed by atoms with E-state index >= 15 is 4.39 Å². The molecule has 2 aromatic rings. The Morgan fingerprint density at radius 2 is 2.19 bits per heavy atom. The molecule has 1 saturated heterocycles. The lowest BCUT2D eigenvalue weighted by molar-refractivity contribution is -0.179. The van der Waals surface area contributed by atoms with Gasteiger partial charge in [-0.15, -0.1) is 0 Å². The molecule has 1 fully saturated rings. The van der Waals surface area contributed by atoms with E-state index in [1.54, 1.807) is 18.2 Å². The lowest BCUT2D eigenvalue weighted by atomic mass is 10.2. The van der Waals surface area contributed by atoms with Crippen molar-refractivity contribution in [2.45, 2.75) is 38.1 Å². The van der Waals surface area contributed by atoms with Gasteiger partial charge in [0.25, 0.3) is 5.56 Å². The van der Waals surface area contributed by atoms with Gasteiger partial charge in [0.05, 0.1) is 13.7 Å². The van der Waals surface area contributed by atoms with Crippen LogP contribution in [0.5, 0.6) is 11.5 Å². The van der Waals surface area contributed by atoms with E-state index in [-0.39, 0.29) is 17.9 Å². The molecule has 0 amide bonds. The normalized spacial score (nSPS) is 29.9. The number of fused-ring (bicyclic) bond motifs is 1. The summed E-state index contributed by atoms with van der Waals surface area (Å²) < 4.78 is 54.9. The van der Waals surface area contributed by atoms with Gasteiger partial charge in [0.2, 0.25) is 5.85 Å². The molecule has 4 atom stereocenters. The summed E-state index contributed by atoms with van der Waals surface area (Å²) in [5, 5.41) is 10.2. The minimum absolute atomic E-state index is 0.110. The highest BCUT2D eigenvalue weighted by Gasteiger charge is 2.50. The first kappa shape index (κ1) is 21.7. The lowest BCUT2D eigenvalue weighted by Gasteiger charge is -2.28. The third-order valence-electron chi connectivity index (χ3n) is 4.89. The summed E-state index contributed by atoms with van der Waals surface area (Å²) in [4.78, 5) is 25.6. The molecule has 13 heteroatoms. The number of phosphoric ester groups is 1. The standard InChI is InChI=1S/C18H20FN2O9P/c1-10-7-21(17(24)20-15(10)23)16-12(22)6-18(19,29-16)9-28-31(25)27-8-11-4-3-5-13(26-2)14(11)30-31/h3-5,7,12,16,22H,6,8-9H2,1-2H3,(H,20,23,24)/t12-,16-,18+,31?/m1/s1. The van der Waals surface area contributed by atoms with Crippen molar-refractivity contribution in [2.24, 2.45) is 0 Å². The second-order valence-corrected chi connectivity index (χ2v) is 8.77. The number of aliphatic hydroxyl groups is 1. The van der Waals surface area contributed by atoms with Crippen LogP contribution in [-0.4, -0.2) is 40.3 Å². The number of aryl methyl sites for hydroxylation is 1. The predicted molar refractivity (Wildman–Crippen MR) is 103 cm³/mol. The van der Waals surface area contributed by atoms with E-state index in [9.17, 15) is 19.3 Å². The van der Waals surface area contributed by atoms with Crippen LogP contribution >= 0.6 is 7.82 Å². The number of benzene rings is 1. The van der Waals surface area contributed by atoms with Crippen LogP contribution in [0.3, 0.4) is 0 Å². The first-order chi connectivity index (χ1) is 14.6. The number of aliphatic hydroxyl groups excluding tert-OH is 1. The Hall–Kier alpha value is -2.50. The topological polar surface area (TPSA) is 138 Å². The Labute approximate surface area is 174 Å². The van der Waals surface area contributed by atoms with Crippen molar-refractivity contribution in [2.75, 3.05) is 13.7 Å². The Morgan fingerprint density at radius 1 is 1.42 bits per heavy atom. The van der Waals surface area contributed by atoms with Gasteiger partial charge in [-0.05, 0) is 13.0 Å². The van der Waals surface area contributed by atoms with Crippen molar-refractivity contribution >= 4 is 7.82 Å². The van der Waals surface area contributed by atoms with E-state index < -0.39 is 50.3 Å². The zero-order valence-electron chi connectivity index (χ0n) is 16.6. The van der Waals surface area contributed by atoms with E-state index in [2.05, 4.69) is 4.98 Å². The number of alkyl halides is 1. The fourth-order valence-electron chi connectivity index (χ4n) is 3.33. The van der Waals surface area contributed by atoms with Gasteiger partial charge in [-0.1, -0.05) is 12.1 Å². The molecule has 0 bridgehead atoms. The van der Waals surface area contributed by atoms with Crippen molar-refractivity contribution in [3.63, 3.8) is 0 Å². The molecule has 0 aliphatic carbocycles. The van der Waals surface area contributed by atoms with Crippen LogP contribution in [0, 0.1) is 6.92 Å². The van der Waals surface area contributed by atoms with Gasteiger partial charge in [-0.2, -0.15) is 0 Å². The van der Waals surface area contributed by atoms with Crippen LogP contribution in [0.25, 0.3) is 0 Å². The van der Waals surface area contributed by atoms with Crippen molar-refractivity contribution in [1.82, 2.24) is 9.55 Å². The fraction of sp³-hybridized carbons (Fsp3) is 0.444. The molecule has 2 aliphatic heterocycles. The van der Waals surface area contributed by atoms with Gasteiger partial charge in [-0.3, -0.25) is 23.4 Å². The highest BCUT2D eigenvalue weighted by Crippen LogP contribution is 2.57. The summed E-state index contributed by atoms with van der Waals surface area (Å²) in [5.41, 5.74) is -0.738. The number of ether oxygens (including phenoxy) is 2. The van der Waals surface area contributed by atoms with Crippen LogP contribution in [0.4, 0.5) is 4.39 Å². The molecular formula is C18H20FN2O9P. The molecule has 1 aromatic heterocycles. The highest BCUT2D eigenvalue weighted by atomic mass is 31.2. The minimum atomic E-state index is -4.21. The van der Waals surface area contributed by atoms with E-state index in [1.807, 2.05) is 0 Å². The summed E-state index contributed by atoms with van der Waals surface area (Å²) >= 11 is 0. The molecule has 4 rings (SSSR count). The van der Waals surface area contributed by atoms with Crippen LogP contribution in [-0.2, 0) is 25.0 Å². The van der Waals surface area contributed by atoms with Crippen LogP contribution in [0.2, 0.25) is 0 Å². The molecule has 1 unspecified atom stereocenters. The monoisotopic (exact) mass is 458 g/mol. The van der Waals surface area contributed by atoms with E-state index in [4.69, 9.17) is 23.0 Å². The molecule has 168 valence electrons. The number of rotatable bonds is 5. The molecule has 0 spiro atoms. The van der Waals surface area contributed by atoms with E-state index in [1.165, 1.54) is 14.0 Å². The van der Waals surface area contributed by atoms with Crippen molar-refractivity contribution < 1.29 is 37.1 Å². The van der Waals surface area contributed by atoms with Crippen molar-refractivity contribution in [3.8, 4) is 11.5 Å². The van der Waals surface area contributed by atoms with Crippen LogP contribution in [0.15, 0.2) is 34.0 Å². The summed E-state index contributed by atoms with van der Waals surface area (Å²) in [6, 6.07) is 4.98. The van der Waals surface area contributed by atoms with Crippen LogP contribution < -0.4 is 20.5 Å². The van der Waals surface area contributed by atoms with Gasteiger partial charge >= 0.3 is 13.5 Å². The van der Waals surface area contributed by atoms with Gasteiger partial charge < -0.3 is 19.1 Å². The molecule has 3 heterocycles. The average molecular weight is 458 g/mol. The molecule has 11 nitrogen and oxygen atoms in total. The molecule has 0 saturated carbocycles. The van der Waals surface area contributed by atoms with Gasteiger partial charge in [0.15, 0.2) is 17.7 Å². The second kappa shape index (κ2) is 7.88.